The van der Waals surface area contributed by atoms with Crippen molar-refractivity contribution in [2.45, 2.75) is 0 Å². The van der Waals surface area contributed by atoms with Crippen LogP contribution in [0.1, 0.15) is 20.7 Å². The molecule has 0 fully saturated rings. The molecule has 0 bridgehead atoms. The van der Waals surface area contributed by atoms with Gasteiger partial charge in [0, 0.05) is 71.0 Å². The first-order chi connectivity index (χ1) is 20.6. The van der Waals surface area contributed by atoms with Gasteiger partial charge in [0.2, 0.25) is 11.4 Å². The topological polar surface area (TPSA) is 66.0 Å². The van der Waals surface area contributed by atoms with Gasteiger partial charge in [-0.1, -0.05) is 48.5 Å². The molecule has 0 aliphatic heterocycles. The summed E-state index contributed by atoms with van der Waals surface area (Å²) in [6.45, 7) is 0. The molecule has 202 valence electrons. The lowest BCUT2D eigenvalue weighted by Gasteiger charge is -2.06. The zero-order valence-electron chi connectivity index (χ0n) is 22.7. The van der Waals surface area contributed by atoms with Crippen LogP contribution in [-0.4, -0.2) is 11.8 Å². The van der Waals surface area contributed by atoms with Crippen LogP contribution in [-0.2, 0) is 0 Å². The van der Waals surface area contributed by atoms with Crippen LogP contribution in [0.4, 0.5) is 11.4 Å². The molecule has 0 radical (unpaired) electrons. The number of hydrogen-bond donors (Lipinski definition) is 2. The van der Waals surface area contributed by atoms with Crippen molar-refractivity contribution in [3.05, 3.63) is 169 Å². The van der Waals surface area contributed by atoms with Crippen molar-refractivity contribution in [1.82, 2.24) is 0 Å². The average molecular weight is 549 g/mol. The lowest BCUT2D eigenvalue weighted by Crippen LogP contribution is -2.30. The standard InChI is InChI=1S/C36H26N4O2/c41-35(29-9-3-1-4-10-29)37-31-13-7-15-33(25-31)39-21-17-27(18-22-39)28-19-23-40(24-20-28)34-16-8-14-32(26-34)38-36(42)30-11-5-2-6-12-30/h1-26H/p+2. The van der Waals surface area contributed by atoms with E-state index in [1.807, 2.05) is 119 Å². The predicted molar refractivity (Wildman–Crippen MR) is 164 cm³/mol. The Morgan fingerprint density at radius 2 is 0.810 bits per heavy atom. The van der Waals surface area contributed by atoms with Gasteiger partial charge in [-0.15, -0.1) is 0 Å². The summed E-state index contributed by atoms with van der Waals surface area (Å²) in [6, 6.07) is 42.1. The Kier molecular flexibility index (Phi) is 7.59. The highest BCUT2D eigenvalue weighted by Gasteiger charge is 2.13. The van der Waals surface area contributed by atoms with E-state index in [1.54, 1.807) is 24.3 Å². The quantitative estimate of drug-likeness (QED) is 0.226. The molecule has 2 heterocycles. The fraction of sp³-hybridized carbons (Fsp3) is 0. The predicted octanol–water partition coefficient (Wildman–Crippen LogP) is 6.41. The molecule has 2 amide bonds. The molecule has 6 aromatic rings. The minimum Gasteiger partial charge on any atom is -0.322 e. The van der Waals surface area contributed by atoms with Crippen molar-refractivity contribution < 1.29 is 18.7 Å². The molecule has 0 atom stereocenters. The Morgan fingerprint density at radius 3 is 1.19 bits per heavy atom. The van der Waals surface area contributed by atoms with Gasteiger partial charge in [0.15, 0.2) is 24.8 Å². The summed E-state index contributed by atoms with van der Waals surface area (Å²) >= 11 is 0. The van der Waals surface area contributed by atoms with Gasteiger partial charge in [0.25, 0.3) is 11.8 Å². The number of rotatable bonds is 7. The Bertz CT molecular complexity index is 1700. The smallest absolute Gasteiger partial charge is 0.255 e. The number of aromatic nitrogens is 2. The van der Waals surface area contributed by atoms with Crippen LogP contribution in [0.2, 0.25) is 0 Å². The summed E-state index contributed by atoms with van der Waals surface area (Å²) in [5.74, 6) is -0.281. The summed E-state index contributed by atoms with van der Waals surface area (Å²) in [7, 11) is 0. The van der Waals surface area contributed by atoms with Crippen LogP contribution in [0.3, 0.4) is 0 Å². The number of pyridine rings is 2. The highest BCUT2D eigenvalue weighted by Crippen LogP contribution is 2.19. The molecule has 0 unspecified atom stereocenters. The number of benzene rings is 4. The van der Waals surface area contributed by atoms with E-state index in [0.717, 1.165) is 33.9 Å². The number of carbonyl (C=O) groups excluding carboxylic acids is 2. The van der Waals surface area contributed by atoms with Crippen LogP contribution in [0.5, 0.6) is 0 Å². The molecular weight excluding hydrogens is 520 g/mol. The highest BCUT2D eigenvalue weighted by atomic mass is 16.2. The zero-order chi connectivity index (χ0) is 28.7. The van der Waals surface area contributed by atoms with Gasteiger partial charge >= 0.3 is 0 Å². The summed E-state index contributed by atoms with van der Waals surface area (Å²) in [5.41, 5.74) is 6.74. The van der Waals surface area contributed by atoms with Crippen molar-refractivity contribution >= 4 is 23.2 Å². The highest BCUT2D eigenvalue weighted by molar-refractivity contribution is 6.04. The summed E-state index contributed by atoms with van der Waals surface area (Å²) in [5, 5.41) is 5.94. The summed E-state index contributed by atoms with van der Waals surface area (Å²) in [4.78, 5) is 25.1. The minimum absolute atomic E-state index is 0.141. The van der Waals surface area contributed by atoms with Crippen molar-refractivity contribution in [1.29, 1.82) is 0 Å². The summed E-state index contributed by atoms with van der Waals surface area (Å²) < 4.78 is 4.03. The molecule has 0 aliphatic rings. The number of carbonyl (C=O) groups is 2. The third-order valence-electron chi connectivity index (χ3n) is 6.87. The molecule has 6 heteroatoms. The lowest BCUT2D eigenvalue weighted by molar-refractivity contribution is -0.596. The van der Waals surface area contributed by atoms with Crippen molar-refractivity contribution in [2.24, 2.45) is 0 Å². The summed E-state index contributed by atoms with van der Waals surface area (Å²) in [6.07, 6.45) is 8.03. The SMILES string of the molecule is O=C(Nc1cccc(-[n+]2ccc(-c3cc[n+](-c4cccc(NC(=O)c5ccccc5)c4)cc3)cc2)c1)c1ccccc1. The van der Waals surface area contributed by atoms with Crippen molar-refractivity contribution in [2.75, 3.05) is 10.6 Å². The number of nitrogens with one attached hydrogen (secondary N) is 2. The Labute approximate surface area is 244 Å². The molecule has 2 N–H and O–H groups in total. The third kappa shape index (κ3) is 6.13. The maximum Gasteiger partial charge on any atom is 0.255 e. The fourth-order valence-corrected chi connectivity index (χ4v) is 4.66. The van der Waals surface area contributed by atoms with Gasteiger partial charge in [0.1, 0.15) is 0 Å². The van der Waals surface area contributed by atoms with Crippen LogP contribution >= 0.6 is 0 Å². The van der Waals surface area contributed by atoms with E-state index >= 15 is 0 Å². The zero-order valence-corrected chi connectivity index (χ0v) is 22.7. The van der Waals surface area contributed by atoms with Crippen LogP contribution in [0, 0.1) is 0 Å². The van der Waals surface area contributed by atoms with E-state index in [4.69, 9.17) is 0 Å². The molecule has 42 heavy (non-hydrogen) atoms. The van der Waals surface area contributed by atoms with E-state index < -0.39 is 0 Å². The average Bonchev–Trinajstić information content (AvgIpc) is 3.06. The normalized spacial score (nSPS) is 10.6. The lowest BCUT2D eigenvalue weighted by atomic mass is 10.1. The first kappa shape index (κ1) is 26.3. The molecule has 0 saturated heterocycles. The molecule has 0 aliphatic carbocycles. The van der Waals surface area contributed by atoms with Gasteiger partial charge in [-0.25, -0.2) is 0 Å². The maximum atomic E-state index is 12.6. The Morgan fingerprint density at radius 1 is 0.429 bits per heavy atom. The maximum absolute atomic E-state index is 12.6. The molecule has 2 aromatic heterocycles. The van der Waals surface area contributed by atoms with Gasteiger partial charge in [0.05, 0.1) is 0 Å². The van der Waals surface area contributed by atoms with E-state index in [1.165, 1.54) is 0 Å². The van der Waals surface area contributed by atoms with Crippen molar-refractivity contribution in [3.8, 4) is 22.5 Å². The molecule has 6 nitrogen and oxygen atoms in total. The van der Waals surface area contributed by atoms with E-state index in [0.29, 0.717) is 11.1 Å². The second kappa shape index (κ2) is 12.1. The number of nitrogens with zero attached hydrogens (tertiary/aromatic N) is 2. The van der Waals surface area contributed by atoms with Crippen LogP contribution in [0.25, 0.3) is 22.5 Å². The fourth-order valence-electron chi connectivity index (χ4n) is 4.66. The molecule has 4 aromatic carbocycles. The monoisotopic (exact) mass is 548 g/mol. The molecule has 0 saturated carbocycles. The number of hydrogen-bond acceptors (Lipinski definition) is 2. The third-order valence-corrected chi connectivity index (χ3v) is 6.87. The van der Waals surface area contributed by atoms with Gasteiger partial charge in [-0.3, -0.25) is 9.59 Å². The number of anilines is 2. The first-order valence-corrected chi connectivity index (χ1v) is 13.6. The van der Waals surface area contributed by atoms with Gasteiger partial charge in [-0.05, 0) is 47.5 Å². The largest absolute Gasteiger partial charge is 0.322 e. The Balaban J connectivity index is 1.14. The second-order valence-corrected chi connectivity index (χ2v) is 9.73. The second-order valence-electron chi connectivity index (χ2n) is 9.73. The number of amides is 2. The van der Waals surface area contributed by atoms with E-state index in [9.17, 15) is 9.59 Å². The van der Waals surface area contributed by atoms with E-state index in [-0.39, 0.29) is 11.8 Å². The molecule has 6 rings (SSSR count). The first-order valence-electron chi connectivity index (χ1n) is 13.6. The minimum atomic E-state index is -0.141. The van der Waals surface area contributed by atoms with Gasteiger partial charge in [-0.2, -0.15) is 9.13 Å². The van der Waals surface area contributed by atoms with Crippen LogP contribution in [0.15, 0.2) is 158 Å². The Hall–Kier alpha value is -5.88. The van der Waals surface area contributed by atoms with Gasteiger partial charge < -0.3 is 10.6 Å². The van der Waals surface area contributed by atoms with E-state index in [2.05, 4.69) is 34.9 Å². The molecule has 0 spiro atoms. The van der Waals surface area contributed by atoms with Crippen LogP contribution < -0.4 is 19.8 Å². The molecular formula is C36H28N4O2+2. The van der Waals surface area contributed by atoms with Crippen molar-refractivity contribution in [3.63, 3.8) is 0 Å².